The van der Waals surface area contributed by atoms with Gasteiger partial charge in [0, 0.05) is 12.5 Å². The molecule has 0 radical (unpaired) electrons. The van der Waals surface area contributed by atoms with Gasteiger partial charge in [-0.1, -0.05) is 6.92 Å². The number of amides is 1. The minimum atomic E-state index is 0.0104. The smallest absolute Gasteiger partial charge is 0.234 e. The first-order valence-electron chi connectivity index (χ1n) is 4.64. The van der Waals surface area contributed by atoms with Crippen molar-refractivity contribution in [1.82, 2.24) is 10.6 Å². The number of carbonyl (C=O) groups is 1. The Morgan fingerprint density at radius 3 is 2.85 bits per heavy atom. The molecule has 0 aliphatic carbocycles. The lowest BCUT2D eigenvalue weighted by Gasteiger charge is -2.10. The van der Waals surface area contributed by atoms with E-state index in [-0.39, 0.29) is 11.9 Å². The molecule has 3 heteroatoms. The van der Waals surface area contributed by atoms with Gasteiger partial charge in [0.1, 0.15) is 0 Å². The number of carbonyl (C=O) groups excluding carboxylic acids is 1. The van der Waals surface area contributed by atoms with Gasteiger partial charge in [-0.05, 0) is 19.9 Å². The monoisotopic (exact) mass is 182 g/mol. The van der Waals surface area contributed by atoms with E-state index in [4.69, 9.17) is 6.42 Å². The Balaban J connectivity index is 3.45. The lowest BCUT2D eigenvalue weighted by molar-refractivity contribution is -0.120. The van der Waals surface area contributed by atoms with E-state index in [2.05, 4.69) is 23.5 Å². The van der Waals surface area contributed by atoms with Crippen LogP contribution in [0.3, 0.4) is 0 Å². The minimum Gasteiger partial charge on any atom is -0.352 e. The second kappa shape index (κ2) is 7.63. The molecule has 13 heavy (non-hydrogen) atoms. The molecular weight excluding hydrogens is 164 g/mol. The van der Waals surface area contributed by atoms with Gasteiger partial charge in [0.15, 0.2) is 0 Å². The molecule has 0 aromatic heterocycles. The fourth-order valence-corrected chi connectivity index (χ4v) is 0.932. The van der Waals surface area contributed by atoms with Crippen molar-refractivity contribution in [2.45, 2.75) is 32.7 Å². The van der Waals surface area contributed by atoms with E-state index < -0.39 is 0 Å². The molecule has 0 aromatic rings. The molecule has 0 spiro atoms. The highest BCUT2D eigenvalue weighted by atomic mass is 16.1. The molecule has 0 saturated carbocycles. The predicted octanol–water partition coefficient (Wildman–Crippen LogP) is 0.514. The average Bonchev–Trinajstić information content (AvgIpc) is 2.05. The Morgan fingerprint density at radius 1 is 1.62 bits per heavy atom. The van der Waals surface area contributed by atoms with Crippen LogP contribution in [0.1, 0.15) is 26.7 Å². The molecular formula is C10H18N2O. The third kappa shape index (κ3) is 7.35. The van der Waals surface area contributed by atoms with Gasteiger partial charge in [0.25, 0.3) is 0 Å². The van der Waals surface area contributed by atoms with E-state index in [1.807, 2.05) is 6.92 Å². The van der Waals surface area contributed by atoms with Crippen LogP contribution in [-0.4, -0.2) is 25.0 Å². The molecule has 0 aliphatic rings. The van der Waals surface area contributed by atoms with Crippen molar-refractivity contribution in [1.29, 1.82) is 0 Å². The normalized spacial score (nSPS) is 11.8. The third-order valence-electron chi connectivity index (χ3n) is 1.54. The van der Waals surface area contributed by atoms with Gasteiger partial charge < -0.3 is 10.6 Å². The SMILES string of the molecule is C#CCC(C)NC(=O)CNCCC. The van der Waals surface area contributed by atoms with Crippen molar-refractivity contribution >= 4 is 5.91 Å². The van der Waals surface area contributed by atoms with E-state index in [0.717, 1.165) is 13.0 Å². The van der Waals surface area contributed by atoms with Gasteiger partial charge in [-0.2, -0.15) is 0 Å². The fourth-order valence-electron chi connectivity index (χ4n) is 0.932. The zero-order chi connectivity index (χ0) is 10.1. The van der Waals surface area contributed by atoms with Crippen molar-refractivity contribution in [3.05, 3.63) is 0 Å². The minimum absolute atomic E-state index is 0.0104. The predicted molar refractivity (Wildman–Crippen MR) is 54.2 cm³/mol. The average molecular weight is 182 g/mol. The highest BCUT2D eigenvalue weighted by molar-refractivity contribution is 5.78. The van der Waals surface area contributed by atoms with Crippen molar-refractivity contribution < 1.29 is 4.79 Å². The molecule has 0 bridgehead atoms. The third-order valence-corrected chi connectivity index (χ3v) is 1.54. The van der Waals surface area contributed by atoms with Crippen LogP contribution in [-0.2, 0) is 4.79 Å². The summed E-state index contributed by atoms with van der Waals surface area (Å²) < 4.78 is 0. The second-order valence-electron chi connectivity index (χ2n) is 3.05. The summed E-state index contributed by atoms with van der Waals surface area (Å²) in [5, 5.41) is 5.81. The lowest BCUT2D eigenvalue weighted by atomic mass is 10.2. The van der Waals surface area contributed by atoms with E-state index in [0.29, 0.717) is 13.0 Å². The summed E-state index contributed by atoms with van der Waals surface area (Å²) >= 11 is 0. The fraction of sp³-hybridized carbons (Fsp3) is 0.700. The molecule has 1 atom stereocenters. The molecule has 0 heterocycles. The number of terminal acetylenes is 1. The largest absolute Gasteiger partial charge is 0.352 e. The summed E-state index contributed by atoms with van der Waals surface area (Å²) in [6.45, 7) is 5.21. The van der Waals surface area contributed by atoms with Crippen LogP contribution in [0.2, 0.25) is 0 Å². The molecule has 0 aromatic carbocycles. The quantitative estimate of drug-likeness (QED) is 0.464. The van der Waals surface area contributed by atoms with Crippen LogP contribution in [0.25, 0.3) is 0 Å². The highest BCUT2D eigenvalue weighted by Gasteiger charge is 2.04. The van der Waals surface area contributed by atoms with Crippen LogP contribution in [0.4, 0.5) is 0 Å². The maximum absolute atomic E-state index is 11.2. The molecule has 1 amide bonds. The first-order valence-corrected chi connectivity index (χ1v) is 4.64. The van der Waals surface area contributed by atoms with Gasteiger partial charge in [0.2, 0.25) is 5.91 Å². The van der Waals surface area contributed by atoms with Crippen LogP contribution in [0.5, 0.6) is 0 Å². The topological polar surface area (TPSA) is 41.1 Å². The molecule has 3 nitrogen and oxygen atoms in total. The molecule has 0 saturated heterocycles. The van der Waals surface area contributed by atoms with E-state index in [1.165, 1.54) is 0 Å². The Morgan fingerprint density at radius 2 is 2.31 bits per heavy atom. The molecule has 0 fully saturated rings. The molecule has 2 N–H and O–H groups in total. The van der Waals surface area contributed by atoms with Crippen molar-refractivity contribution in [3.8, 4) is 12.3 Å². The first kappa shape index (κ1) is 12.0. The Kier molecular flexibility index (Phi) is 7.04. The summed E-state index contributed by atoms with van der Waals surface area (Å²) in [4.78, 5) is 11.2. The molecule has 1 unspecified atom stereocenters. The van der Waals surface area contributed by atoms with E-state index in [9.17, 15) is 4.79 Å². The van der Waals surface area contributed by atoms with Crippen LogP contribution >= 0.6 is 0 Å². The maximum Gasteiger partial charge on any atom is 0.234 e. The zero-order valence-corrected chi connectivity index (χ0v) is 8.39. The van der Waals surface area contributed by atoms with E-state index in [1.54, 1.807) is 0 Å². The summed E-state index contributed by atoms with van der Waals surface area (Å²) in [7, 11) is 0. The van der Waals surface area contributed by atoms with Crippen molar-refractivity contribution in [2.75, 3.05) is 13.1 Å². The van der Waals surface area contributed by atoms with Gasteiger partial charge in [-0.15, -0.1) is 12.3 Å². The van der Waals surface area contributed by atoms with Crippen LogP contribution < -0.4 is 10.6 Å². The lowest BCUT2D eigenvalue weighted by Crippen LogP contribution is -2.39. The van der Waals surface area contributed by atoms with E-state index >= 15 is 0 Å². The zero-order valence-electron chi connectivity index (χ0n) is 8.39. The molecule has 0 rings (SSSR count). The van der Waals surface area contributed by atoms with Gasteiger partial charge in [0.05, 0.1) is 6.54 Å². The summed E-state index contributed by atoms with van der Waals surface area (Å²) in [6.07, 6.45) is 6.73. The number of hydrogen-bond donors (Lipinski definition) is 2. The van der Waals surface area contributed by atoms with Crippen LogP contribution in [0, 0.1) is 12.3 Å². The standard InChI is InChI=1S/C10H18N2O/c1-4-6-9(3)12-10(13)8-11-7-5-2/h1,9,11H,5-8H2,2-3H3,(H,12,13). The van der Waals surface area contributed by atoms with Gasteiger partial charge in [-0.25, -0.2) is 0 Å². The number of hydrogen-bond acceptors (Lipinski definition) is 2. The first-order chi connectivity index (χ1) is 6.20. The summed E-state index contributed by atoms with van der Waals surface area (Å²) in [6, 6.07) is 0.0703. The number of rotatable bonds is 6. The molecule has 74 valence electrons. The van der Waals surface area contributed by atoms with Crippen LogP contribution in [0.15, 0.2) is 0 Å². The summed E-state index contributed by atoms with van der Waals surface area (Å²) in [5.74, 6) is 2.52. The van der Waals surface area contributed by atoms with Crippen molar-refractivity contribution in [2.24, 2.45) is 0 Å². The second-order valence-corrected chi connectivity index (χ2v) is 3.05. The van der Waals surface area contributed by atoms with Crippen molar-refractivity contribution in [3.63, 3.8) is 0 Å². The maximum atomic E-state index is 11.2. The molecule has 0 aliphatic heterocycles. The summed E-state index contributed by atoms with van der Waals surface area (Å²) in [5.41, 5.74) is 0. The van der Waals surface area contributed by atoms with Gasteiger partial charge in [-0.3, -0.25) is 4.79 Å². The Hall–Kier alpha value is -1.01. The number of nitrogens with one attached hydrogen (secondary N) is 2. The highest BCUT2D eigenvalue weighted by Crippen LogP contribution is 1.86. The Bertz CT molecular complexity index is 184. The Labute approximate surface area is 80.3 Å². The van der Waals surface area contributed by atoms with Gasteiger partial charge >= 0.3 is 0 Å².